The SMILES string of the molecule is CC(=Nc1c(C)cc(C)cc1C)c1ccccn1.[Ni+2]. The number of aliphatic imine (C=N–C) groups is 1. The van der Waals surface area contributed by atoms with Gasteiger partial charge in [-0.25, -0.2) is 0 Å². The topological polar surface area (TPSA) is 25.2 Å². The van der Waals surface area contributed by atoms with Crippen molar-refractivity contribution in [2.75, 3.05) is 0 Å². The van der Waals surface area contributed by atoms with Crippen LogP contribution in [0.4, 0.5) is 5.69 Å². The summed E-state index contributed by atoms with van der Waals surface area (Å²) in [4.78, 5) is 9.04. The van der Waals surface area contributed by atoms with E-state index in [1.807, 2.05) is 25.1 Å². The summed E-state index contributed by atoms with van der Waals surface area (Å²) in [6.07, 6.45) is 1.79. The van der Waals surface area contributed by atoms with Crippen LogP contribution in [-0.2, 0) is 16.5 Å². The predicted molar refractivity (Wildman–Crippen MR) is 76.8 cm³/mol. The van der Waals surface area contributed by atoms with E-state index in [1.165, 1.54) is 16.7 Å². The number of benzene rings is 1. The van der Waals surface area contributed by atoms with E-state index < -0.39 is 0 Å². The van der Waals surface area contributed by atoms with Gasteiger partial charge >= 0.3 is 16.5 Å². The molecule has 1 aromatic heterocycles. The van der Waals surface area contributed by atoms with E-state index in [-0.39, 0.29) is 16.5 Å². The third-order valence-corrected chi connectivity index (χ3v) is 2.95. The summed E-state index contributed by atoms with van der Waals surface area (Å²) in [6, 6.07) is 10.2. The number of rotatable bonds is 2. The van der Waals surface area contributed by atoms with Gasteiger partial charge in [-0.15, -0.1) is 0 Å². The predicted octanol–water partition coefficient (Wildman–Crippen LogP) is 4.15. The summed E-state index contributed by atoms with van der Waals surface area (Å²) < 4.78 is 0. The van der Waals surface area contributed by atoms with Crippen LogP contribution in [0.25, 0.3) is 0 Å². The average Bonchev–Trinajstić information content (AvgIpc) is 2.34. The van der Waals surface area contributed by atoms with Gasteiger partial charge in [0, 0.05) is 6.20 Å². The minimum absolute atomic E-state index is 0. The van der Waals surface area contributed by atoms with Gasteiger partial charge in [-0.1, -0.05) is 23.8 Å². The summed E-state index contributed by atoms with van der Waals surface area (Å²) in [6.45, 7) is 8.31. The molecule has 0 bridgehead atoms. The molecular weight excluding hydrogens is 279 g/mol. The summed E-state index contributed by atoms with van der Waals surface area (Å²) in [5.74, 6) is 0. The van der Waals surface area contributed by atoms with E-state index in [0.29, 0.717) is 0 Å². The first kappa shape index (κ1) is 15.6. The molecule has 0 N–H and O–H groups in total. The van der Waals surface area contributed by atoms with Crippen LogP contribution in [-0.4, -0.2) is 10.7 Å². The van der Waals surface area contributed by atoms with Gasteiger partial charge in [0.15, 0.2) is 0 Å². The molecule has 2 rings (SSSR count). The molecule has 1 heterocycles. The number of aryl methyl sites for hydroxylation is 3. The van der Waals surface area contributed by atoms with Gasteiger partial charge in [-0.2, -0.15) is 0 Å². The number of aromatic nitrogens is 1. The Balaban J connectivity index is 0.00000180. The monoisotopic (exact) mass is 296 g/mol. The molecule has 0 radical (unpaired) electrons. The molecule has 0 aliphatic rings. The van der Waals surface area contributed by atoms with Crippen LogP contribution in [0.5, 0.6) is 0 Å². The summed E-state index contributed by atoms with van der Waals surface area (Å²) >= 11 is 0. The standard InChI is InChI=1S/C16H18N2.Ni/c1-11-9-12(2)16(13(3)10-11)18-14(4)15-7-5-6-8-17-15;/h5-10H,1-4H3;/q;+2. The summed E-state index contributed by atoms with van der Waals surface area (Å²) in [5.41, 5.74) is 6.64. The third-order valence-electron chi connectivity index (χ3n) is 2.95. The van der Waals surface area contributed by atoms with Crippen molar-refractivity contribution in [2.24, 2.45) is 4.99 Å². The molecule has 0 aliphatic heterocycles. The molecule has 0 saturated heterocycles. The number of pyridine rings is 1. The quantitative estimate of drug-likeness (QED) is 0.604. The van der Waals surface area contributed by atoms with Crippen molar-refractivity contribution in [3.8, 4) is 0 Å². The van der Waals surface area contributed by atoms with Gasteiger partial charge in [0.05, 0.1) is 17.1 Å². The maximum Gasteiger partial charge on any atom is 2.00 e. The molecule has 0 amide bonds. The fraction of sp³-hybridized carbons (Fsp3) is 0.250. The van der Waals surface area contributed by atoms with Gasteiger partial charge in [-0.05, 0) is 51.0 Å². The van der Waals surface area contributed by atoms with Crippen LogP contribution >= 0.6 is 0 Å². The van der Waals surface area contributed by atoms with Gasteiger partial charge in [0.1, 0.15) is 0 Å². The molecule has 0 aliphatic carbocycles. The van der Waals surface area contributed by atoms with Crippen molar-refractivity contribution in [3.63, 3.8) is 0 Å². The molecule has 2 aromatic rings. The second kappa shape index (κ2) is 6.63. The number of hydrogen-bond acceptors (Lipinski definition) is 2. The van der Waals surface area contributed by atoms with Gasteiger partial charge in [0.2, 0.25) is 0 Å². The van der Waals surface area contributed by atoms with Gasteiger partial charge in [-0.3, -0.25) is 9.98 Å². The van der Waals surface area contributed by atoms with Crippen molar-refractivity contribution in [2.45, 2.75) is 27.7 Å². The third kappa shape index (κ3) is 3.75. The summed E-state index contributed by atoms with van der Waals surface area (Å²) in [5, 5.41) is 0. The smallest absolute Gasteiger partial charge is 0.255 e. The first-order valence-electron chi connectivity index (χ1n) is 6.12. The molecule has 1 aromatic carbocycles. The average molecular weight is 297 g/mol. The maximum absolute atomic E-state index is 4.72. The Morgan fingerprint density at radius 2 is 1.68 bits per heavy atom. The van der Waals surface area contributed by atoms with Crippen molar-refractivity contribution in [1.82, 2.24) is 4.98 Å². The zero-order valence-corrected chi connectivity index (χ0v) is 12.7. The number of nitrogens with zero attached hydrogens (tertiary/aromatic N) is 2. The second-order valence-corrected chi connectivity index (χ2v) is 4.66. The van der Waals surface area contributed by atoms with Crippen molar-refractivity contribution in [1.29, 1.82) is 0 Å². The number of hydrogen-bond donors (Lipinski definition) is 0. The molecule has 0 saturated carbocycles. The molecule has 0 spiro atoms. The van der Waals surface area contributed by atoms with Crippen molar-refractivity contribution >= 4 is 11.4 Å². The van der Waals surface area contributed by atoms with Crippen LogP contribution < -0.4 is 0 Å². The summed E-state index contributed by atoms with van der Waals surface area (Å²) in [7, 11) is 0. The Morgan fingerprint density at radius 1 is 1.05 bits per heavy atom. The molecule has 0 atom stereocenters. The van der Waals surface area contributed by atoms with E-state index in [1.54, 1.807) is 6.20 Å². The Morgan fingerprint density at radius 3 is 2.21 bits per heavy atom. The first-order valence-corrected chi connectivity index (χ1v) is 6.12. The Bertz CT molecular complexity index is 566. The van der Waals surface area contributed by atoms with Crippen LogP contribution in [0.1, 0.15) is 29.3 Å². The van der Waals surface area contributed by atoms with Crippen LogP contribution in [0.2, 0.25) is 0 Å². The molecule has 100 valence electrons. The zero-order chi connectivity index (χ0) is 13.1. The van der Waals surface area contributed by atoms with Crippen molar-refractivity contribution < 1.29 is 16.5 Å². The van der Waals surface area contributed by atoms with E-state index in [0.717, 1.165) is 17.1 Å². The minimum atomic E-state index is 0. The molecule has 19 heavy (non-hydrogen) atoms. The molecule has 0 fully saturated rings. The Hall–Kier alpha value is -1.47. The minimum Gasteiger partial charge on any atom is -0.255 e. The fourth-order valence-corrected chi connectivity index (χ4v) is 2.15. The molecule has 3 heteroatoms. The first-order chi connectivity index (χ1) is 8.58. The molecule has 2 nitrogen and oxygen atoms in total. The van der Waals surface area contributed by atoms with Crippen LogP contribution in [0.15, 0.2) is 41.5 Å². The van der Waals surface area contributed by atoms with Crippen LogP contribution in [0.3, 0.4) is 0 Å². The van der Waals surface area contributed by atoms with Crippen molar-refractivity contribution in [3.05, 3.63) is 58.9 Å². The molecule has 0 unspecified atom stereocenters. The van der Waals surface area contributed by atoms with Gasteiger partial charge in [0.25, 0.3) is 0 Å². The van der Waals surface area contributed by atoms with E-state index in [9.17, 15) is 0 Å². The van der Waals surface area contributed by atoms with E-state index in [2.05, 4.69) is 37.9 Å². The zero-order valence-electron chi connectivity index (χ0n) is 11.7. The van der Waals surface area contributed by atoms with E-state index >= 15 is 0 Å². The Kier molecular flexibility index (Phi) is 5.44. The second-order valence-electron chi connectivity index (χ2n) is 4.66. The molecular formula is C16H18N2Ni+2. The maximum atomic E-state index is 4.72. The Labute approximate surface area is 124 Å². The van der Waals surface area contributed by atoms with E-state index in [4.69, 9.17) is 4.99 Å². The van der Waals surface area contributed by atoms with Gasteiger partial charge < -0.3 is 0 Å². The normalized spacial score (nSPS) is 11.1. The largest absolute Gasteiger partial charge is 2.00 e. The fourth-order valence-electron chi connectivity index (χ4n) is 2.15. The van der Waals surface area contributed by atoms with Crippen LogP contribution in [0, 0.1) is 20.8 Å².